The fourth-order valence-electron chi connectivity index (χ4n) is 3.81. The van der Waals surface area contributed by atoms with Crippen LogP contribution in [-0.2, 0) is 13.1 Å². The number of nitrogens with one attached hydrogen (secondary N) is 3. The number of aromatic amines is 2. The molecule has 0 radical (unpaired) electrons. The number of amidine groups is 1. The van der Waals surface area contributed by atoms with Crippen molar-refractivity contribution in [3.63, 3.8) is 0 Å². The maximum absolute atomic E-state index is 13.9. The summed E-state index contributed by atoms with van der Waals surface area (Å²) in [5, 5.41) is 3.49. The number of nitrogens with zero attached hydrogens (tertiary/aromatic N) is 5. The van der Waals surface area contributed by atoms with Crippen LogP contribution in [0.15, 0.2) is 46.7 Å². The number of pyridine rings is 2. The number of amides is 1. The normalized spacial score (nSPS) is 14.1. The van der Waals surface area contributed by atoms with Gasteiger partial charge in [0.2, 0.25) is 11.9 Å². The quantitative estimate of drug-likeness (QED) is 0.176. The first-order chi connectivity index (χ1) is 17.3. The molecule has 0 saturated heterocycles. The van der Waals surface area contributed by atoms with Crippen molar-refractivity contribution in [2.45, 2.75) is 26.1 Å². The van der Waals surface area contributed by atoms with Gasteiger partial charge in [-0.2, -0.15) is 13.8 Å². The lowest BCUT2D eigenvalue weighted by Gasteiger charge is -2.15. The molecular formula is C22H19F2N9O2S. The fraction of sp³-hybridized carbons (Fsp3) is 0.182. The summed E-state index contributed by atoms with van der Waals surface area (Å²) in [6.45, 7) is 1.85. The molecule has 0 bridgehead atoms. The van der Waals surface area contributed by atoms with Crippen LogP contribution in [0.1, 0.15) is 45.8 Å². The van der Waals surface area contributed by atoms with Gasteiger partial charge in [0.25, 0.3) is 11.5 Å². The highest BCUT2D eigenvalue weighted by Gasteiger charge is 2.29. The molecule has 1 aliphatic heterocycles. The molecule has 1 amide bonds. The van der Waals surface area contributed by atoms with Crippen LogP contribution in [0.25, 0.3) is 0 Å². The fourth-order valence-corrected chi connectivity index (χ4v) is 4.57. The SMILES string of the molecule is CC(N=C(N)c1c(Nc2ccc(C(=O)N3Cc4cc(F)nc(F)c4C3)nc2)s[nH]c1=O)c1cnc[nH]1. The summed E-state index contributed by atoms with van der Waals surface area (Å²) < 4.78 is 29.9. The second kappa shape index (κ2) is 9.30. The smallest absolute Gasteiger partial charge is 0.273 e. The van der Waals surface area contributed by atoms with E-state index in [2.05, 4.69) is 34.6 Å². The van der Waals surface area contributed by atoms with E-state index in [9.17, 15) is 18.4 Å². The first kappa shape index (κ1) is 23.3. The summed E-state index contributed by atoms with van der Waals surface area (Å²) in [6, 6.07) is 3.89. The molecule has 4 aromatic rings. The average Bonchev–Trinajstić information content (AvgIpc) is 3.59. The zero-order valence-electron chi connectivity index (χ0n) is 18.7. The number of nitrogens with two attached hydrogens (primary N) is 1. The first-order valence-electron chi connectivity index (χ1n) is 10.7. The third-order valence-electron chi connectivity index (χ3n) is 5.63. The summed E-state index contributed by atoms with van der Waals surface area (Å²) in [5.41, 5.74) is 7.86. The van der Waals surface area contributed by atoms with Crippen molar-refractivity contribution in [3.8, 4) is 0 Å². The monoisotopic (exact) mass is 511 g/mol. The molecule has 1 aliphatic rings. The number of hydrogen-bond acceptors (Lipinski definition) is 8. The van der Waals surface area contributed by atoms with Crippen LogP contribution in [0, 0.1) is 11.9 Å². The highest BCUT2D eigenvalue weighted by molar-refractivity contribution is 7.10. The number of anilines is 2. The lowest BCUT2D eigenvalue weighted by molar-refractivity contribution is 0.0744. The molecule has 184 valence electrons. The molecule has 36 heavy (non-hydrogen) atoms. The topological polar surface area (TPSA) is 158 Å². The second-order valence-electron chi connectivity index (χ2n) is 8.03. The van der Waals surface area contributed by atoms with Gasteiger partial charge in [0.05, 0.1) is 42.7 Å². The highest BCUT2D eigenvalue weighted by Crippen LogP contribution is 2.27. The van der Waals surface area contributed by atoms with Gasteiger partial charge in [0, 0.05) is 12.1 Å². The van der Waals surface area contributed by atoms with E-state index in [0.29, 0.717) is 16.3 Å². The number of rotatable bonds is 6. The third kappa shape index (κ3) is 4.45. The Morgan fingerprint density at radius 2 is 2.14 bits per heavy atom. The lowest BCUT2D eigenvalue weighted by atomic mass is 10.2. The van der Waals surface area contributed by atoms with Crippen molar-refractivity contribution >= 4 is 34.0 Å². The molecule has 0 fully saturated rings. The molecule has 5 heterocycles. The number of aromatic nitrogens is 5. The summed E-state index contributed by atoms with van der Waals surface area (Å²) in [5.74, 6) is -2.24. The van der Waals surface area contributed by atoms with E-state index in [4.69, 9.17) is 5.73 Å². The van der Waals surface area contributed by atoms with Crippen molar-refractivity contribution in [2.24, 2.45) is 10.7 Å². The van der Waals surface area contributed by atoms with E-state index in [1.54, 1.807) is 12.3 Å². The largest absolute Gasteiger partial charge is 0.383 e. The predicted octanol–water partition coefficient (Wildman–Crippen LogP) is 2.59. The summed E-state index contributed by atoms with van der Waals surface area (Å²) in [6.07, 6.45) is 4.58. The molecule has 0 aromatic carbocycles. The zero-order chi connectivity index (χ0) is 25.4. The van der Waals surface area contributed by atoms with Gasteiger partial charge in [-0.15, -0.1) is 0 Å². The predicted molar refractivity (Wildman–Crippen MR) is 128 cm³/mol. The van der Waals surface area contributed by atoms with E-state index in [1.807, 2.05) is 6.92 Å². The van der Waals surface area contributed by atoms with Gasteiger partial charge in [-0.1, -0.05) is 0 Å². The lowest BCUT2D eigenvalue weighted by Crippen LogP contribution is -2.26. The maximum Gasteiger partial charge on any atom is 0.273 e. The molecule has 11 nitrogen and oxygen atoms in total. The minimum Gasteiger partial charge on any atom is -0.383 e. The number of aliphatic imine (C=N–C) groups is 1. The van der Waals surface area contributed by atoms with Gasteiger partial charge in [0.15, 0.2) is 0 Å². The zero-order valence-corrected chi connectivity index (χ0v) is 19.6. The van der Waals surface area contributed by atoms with Crippen LogP contribution in [0.2, 0.25) is 0 Å². The Bertz CT molecular complexity index is 1510. The van der Waals surface area contributed by atoms with Gasteiger partial charge < -0.3 is 20.9 Å². The van der Waals surface area contributed by atoms with E-state index >= 15 is 0 Å². The Balaban J connectivity index is 1.30. The van der Waals surface area contributed by atoms with Crippen LogP contribution in [-0.4, -0.2) is 41.0 Å². The standard InChI is InChI=1S/C22H19F2N9O2S/c1-10(15-6-26-9-28-15)29-19(25)17-20(34)32-36-21(17)30-12-2-3-14(27-5-12)22(35)33-7-11-4-16(23)31-18(24)13(11)8-33/h2-6,9-10,30H,7-8H2,1H3,(H2,25,29)(H,26,28)(H,32,34). The number of halogens is 2. The van der Waals surface area contributed by atoms with Crippen molar-refractivity contribution in [3.05, 3.63) is 87.2 Å². The summed E-state index contributed by atoms with van der Waals surface area (Å²) in [7, 11) is 0. The molecular weight excluding hydrogens is 492 g/mol. The van der Waals surface area contributed by atoms with E-state index in [0.717, 1.165) is 23.3 Å². The van der Waals surface area contributed by atoms with Crippen molar-refractivity contribution in [1.29, 1.82) is 0 Å². The molecule has 4 aromatic heterocycles. The van der Waals surface area contributed by atoms with Gasteiger partial charge in [-0.3, -0.25) is 19.0 Å². The van der Waals surface area contributed by atoms with E-state index in [-0.39, 0.29) is 41.8 Å². The number of fused-ring (bicyclic) bond motifs is 1. The first-order valence-corrected chi connectivity index (χ1v) is 11.5. The molecule has 5 rings (SSSR count). The van der Waals surface area contributed by atoms with Gasteiger partial charge in [0.1, 0.15) is 22.1 Å². The second-order valence-corrected chi connectivity index (χ2v) is 8.84. The van der Waals surface area contributed by atoms with Crippen LogP contribution in [0.4, 0.5) is 19.5 Å². The molecule has 0 aliphatic carbocycles. The molecule has 5 N–H and O–H groups in total. The Labute approximate surface area is 206 Å². The number of H-pyrrole nitrogens is 2. The van der Waals surface area contributed by atoms with Gasteiger partial charge in [-0.25, -0.2) is 9.97 Å². The average molecular weight is 512 g/mol. The Morgan fingerprint density at radius 1 is 1.31 bits per heavy atom. The number of hydrogen-bond donors (Lipinski definition) is 4. The number of carbonyl (C=O) groups is 1. The van der Waals surface area contributed by atoms with E-state index < -0.39 is 23.4 Å². The van der Waals surface area contributed by atoms with E-state index in [1.165, 1.54) is 23.5 Å². The van der Waals surface area contributed by atoms with Crippen LogP contribution in [0.5, 0.6) is 0 Å². The van der Waals surface area contributed by atoms with Gasteiger partial charge >= 0.3 is 0 Å². The molecule has 1 unspecified atom stereocenters. The van der Waals surface area contributed by atoms with Crippen LogP contribution in [0.3, 0.4) is 0 Å². The minimum atomic E-state index is -0.929. The Hall–Kier alpha value is -4.46. The maximum atomic E-state index is 13.9. The summed E-state index contributed by atoms with van der Waals surface area (Å²) in [4.78, 5) is 45.2. The third-order valence-corrected chi connectivity index (χ3v) is 6.43. The number of imidazole rings is 1. The van der Waals surface area contributed by atoms with Crippen molar-refractivity contribution in [2.75, 3.05) is 5.32 Å². The highest BCUT2D eigenvalue weighted by atomic mass is 32.1. The van der Waals surface area contributed by atoms with Crippen molar-refractivity contribution < 1.29 is 13.6 Å². The van der Waals surface area contributed by atoms with Crippen LogP contribution < -0.4 is 16.6 Å². The summed E-state index contributed by atoms with van der Waals surface area (Å²) >= 11 is 1.05. The molecule has 0 saturated carbocycles. The number of carbonyl (C=O) groups excluding carboxylic acids is 1. The van der Waals surface area contributed by atoms with Crippen LogP contribution >= 0.6 is 11.5 Å². The Morgan fingerprint density at radius 3 is 2.86 bits per heavy atom. The molecule has 0 spiro atoms. The Kier molecular flexibility index (Phi) is 6.01. The van der Waals surface area contributed by atoms with Gasteiger partial charge in [-0.05, 0) is 42.2 Å². The molecule has 1 atom stereocenters. The van der Waals surface area contributed by atoms with Crippen molar-refractivity contribution in [1.82, 2.24) is 29.2 Å². The molecule has 14 heteroatoms. The minimum absolute atomic E-state index is 0.0226.